The average Bonchev–Trinajstić information content (AvgIpc) is 2.27. The normalized spacial score (nSPS) is 11.1. The first-order valence-electron chi connectivity index (χ1n) is 6.24. The van der Waals surface area contributed by atoms with E-state index in [2.05, 4.69) is 47.2 Å². The van der Waals surface area contributed by atoms with Gasteiger partial charge in [-0.3, -0.25) is 0 Å². The number of hydrogen-bond donors (Lipinski definition) is 1. The highest BCUT2D eigenvalue weighted by Crippen LogP contribution is 2.23. The van der Waals surface area contributed by atoms with Crippen molar-refractivity contribution in [3.63, 3.8) is 0 Å². The van der Waals surface area contributed by atoms with Crippen LogP contribution in [0.15, 0.2) is 22.7 Å². The average molecular weight is 319 g/mol. The first-order chi connectivity index (χ1) is 8.09. The van der Waals surface area contributed by atoms with Gasteiger partial charge in [-0.15, -0.1) is 0 Å². The molecular formula is C14H21BrClN. The van der Waals surface area contributed by atoms with Crippen LogP contribution in [-0.2, 0) is 6.54 Å². The molecule has 3 heteroatoms. The molecule has 0 amide bonds. The molecule has 0 radical (unpaired) electrons. The van der Waals surface area contributed by atoms with Crippen molar-refractivity contribution in [1.82, 2.24) is 5.32 Å². The largest absolute Gasteiger partial charge is 0.313 e. The topological polar surface area (TPSA) is 12.0 Å². The van der Waals surface area contributed by atoms with Gasteiger partial charge in [0.15, 0.2) is 0 Å². The smallest absolute Gasteiger partial charge is 0.0548 e. The Kier molecular flexibility index (Phi) is 7.17. The Morgan fingerprint density at radius 1 is 1.29 bits per heavy atom. The molecule has 1 aromatic carbocycles. The van der Waals surface area contributed by atoms with Crippen LogP contribution in [0.1, 0.15) is 38.7 Å². The molecular weight excluding hydrogens is 298 g/mol. The lowest BCUT2D eigenvalue weighted by atomic mass is 10.1. The lowest BCUT2D eigenvalue weighted by Gasteiger charge is -2.07. The first kappa shape index (κ1) is 15.0. The summed E-state index contributed by atoms with van der Waals surface area (Å²) in [6.45, 7) is 6.56. The van der Waals surface area contributed by atoms with Crippen LogP contribution < -0.4 is 5.32 Å². The standard InChI is InChI=1S/C14H21BrClN/c1-11(2)5-3-4-8-17-10-12-6-7-14(16)13(15)9-12/h6-7,9,11,17H,3-5,8,10H2,1-2H3. The van der Waals surface area contributed by atoms with Crippen molar-refractivity contribution in [2.75, 3.05) is 6.54 Å². The maximum absolute atomic E-state index is 5.95. The van der Waals surface area contributed by atoms with E-state index in [0.717, 1.165) is 28.5 Å². The Balaban J connectivity index is 2.16. The molecule has 0 aromatic heterocycles. The number of benzene rings is 1. The summed E-state index contributed by atoms with van der Waals surface area (Å²) in [5, 5.41) is 4.23. The Hall–Kier alpha value is -0.0500. The minimum absolute atomic E-state index is 0.769. The van der Waals surface area contributed by atoms with Crippen LogP contribution in [0.3, 0.4) is 0 Å². The molecule has 0 aliphatic carbocycles. The second-order valence-electron chi connectivity index (χ2n) is 4.81. The summed E-state index contributed by atoms with van der Waals surface area (Å²) in [6, 6.07) is 6.07. The third kappa shape index (κ3) is 6.44. The fraction of sp³-hybridized carbons (Fsp3) is 0.571. The number of halogens is 2. The Bertz CT molecular complexity index is 339. The lowest BCUT2D eigenvalue weighted by molar-refractivity contribution is 0.520. The highest BCUT2D eigenvalue weighted by atomic mass is 79.9. The quantitative estimate of drug-likeness (QED) is 0.696. The van der Waals surface area contributed by atoms with Crippen molar-refractivity contribution in [2.45, 2.75) is 39.7 Å². The molecule has 1 aromatic rings. The third-order valence-electron chi connectivity index (χ3n) is 2.70. The van der Waals surface area contributed by atoms with Crippen LogP contribution in [-0.4, -0.2) is 6.54 Å². The van der Waals surface area contributed by atoms with Crippen LogP contribution in [0.2, 0.25) is 5.02 Å². The van der Waals surface area contributed by atoms with E-state index in [0.29, 0.717) is 0 Å². The molecule has 0 saturated carbocycles. The predicted octanol–water partition coefficient (Wildman–Crippen LogP) is 5.02. The molecule has 1 N–H and O–H groups in total. The van der Waals surface area contributed by atoms with Crippen molar-refractivity contribution in [3.8, 4) is 0 Å². The third-order valence-corrected chi connectivity index (χ3v) is 3.91. The van der Waals surface area contributed by atoms with E-state index < -0.39 is 0 Å². The van der Waals surface area contributed by atoms with Gasteiger partial charge in [0.25, 0.3) is 0 Å². The van der Waals surface area contributed by atoms with Gasteiger partial charge in [0, 0.05) is 11.0 Å². The van der Waals surface area contributed by atoms with Crippen LogP contribution in [0, 0.1) is 5.92 Å². The van der Waals surface area contributed by atoms with Gasteiger partial charge in [-0.25, -0.2) is 0 Å². The zero-order valence-corrected chi connectivity index (χ0v) is 12.9. The van der Waals surface area contributed by atoms with Crippen LogP contribution in [0.25, 0.3) is 0 Å². The summed E-state index contributed by atoms with van der Waals surface area (Å²) in [6.07, 6.45) is 3.90. The second-order valence-corrected chi connectivity index (χ2v) is 6.08. The lowest BCUT2D eigenvalue weighted by Crippen LogP contribution is -2.14. The van der Waals surface area contributed by atoms with E-state index >= 15 is 0 Å². The van der Waals surface area contributed by atoms with Crippen molar-refractivity contribution < 1.29 is 0 Å². The summed E-state index contributed by atoms with van der Waals surface area (Å²) in [5.41, 5.74) is 1.27. The summed E-state index contributed by atoms with van der Waals surface area (Å²) in [5.74, 6) is 0.822. The molecule has 0 fully saturated rings. The van der Waals surface area contributed by atoms with E-state index in [-0.39, 0.29) is 0 Å². The molecule has 0 atom stereocenters. The van der Waals surface area contributed by atoms with Crippen molar-refractivity contribution in [2.24, 2.45) is 5.92 Å². The minimum Gasteiger partial charge on any atom is -0.313 e. The number of nitrogens with one attached hydrogen (secondary N) is 1. The van der Waals surface area contributed by atoms with Gasteiger partial charge in [0.1, 0.15) is 0 Å². The summed E-state index contributed by atoms with van der Waals surface area (Å²) < 4.78 is 0.971. The van der Waals surface area contributed by atoms with Gasteiger partial charge in [0.05, 0.1) is 5.02 Å². The van der Waals surface area contributed by atoms with Gasteiger partial charge < -0.3 is 5.32 Å². The van der Waals surface area contributed by atoms with E-state index in [1.165, 1.54) is 24.8 Å². The summed E-state index contributed by atoms with van der Waals surface area (Å²) >= 11 is 9.38. The maximum atomic E-state index is 5.95. The SMILES string of the molecule is CC(C)CCCCNCc1ccc(Cl)c(Br)c1. The summed E-state index contributed by atoms with van der Waals surface area (Å²) in [4.78, 5) is 0. The van der Waals surface area contributed by atoms with Gasteiger partial charge in [0.2, 0.25) is 0 Å². The van der Waals surface area contributed by atoms with Gasteiger partial charge in [-0.2, -0.15) is 0 Å². The van der Waals surface area contributed by atoms with Gasteiger partial charge in [-0.1, -0.05) is 44.4 Å². The minimum atomic E-state index is 0.769. The molecule has 0 aliphatic heterocycles. The van der Waals surface area contributed by atoms with Crippen molar-refractivity contribution >= 4 is 27.5 Å². The second kappa shape index (κ2) is 8.12. The highest BCUT2D eigenvalue weighted by Gasteiger charge is 1.99. The molecule has 96 valence electrons. The van der Waals surface area contributed by atoms with E-state index in [4.69, 9.17) is 11.6 Å². The molecule has 1 nitrogen and oxygen atoms in total. The fourth-order valence-corrected chi connectivity index (χ4v) is 2.23. The van der Waals surface area contributed by atoms with Gasteiger partial charge in [-0.05, 0) is 52.5 Å². The number of hydrogen-bond acceptors (Lipinski definition) is 1. The molecule has 0 spiro atoms. The Morgan fingerprint density at radius 2 is 2.06 bits per heavy atom. The maximum Gasteiger partial charge on any atom is 0.0548 e. The first-order valence-corrected chi connectivity index (χ1v) is 7.41. The molecule has 0 bridgehead atoms. The molecule has 0 heterocycles. The van der Waals surface area contributed by atoms with E-state index in [1.54, 1.807) is 0 Å². The van der Waals surface area contributed by atoms with Gasteiger partial charge >= 0.3 is 0 Å². The molecule has 17 heavy (non-hydrogen) atoms. The number of rotatable bonds is 7. The molecule has 0 unspecified atom stereocenters. The molecule has 0 saturated heterocycles. The van der Waals surface area contributed by atoms with E-state index in [9.17, 15) is 0 Å². The van der Waals surface area contributed by atoms with Crippen molar-refractivity contribution in [1.29, 1.82) is 0 Å². The van der Waals surface area contributed by atoms with E-state index in [1.807, 2.05) is 6.07 Å². The zero-order chi connectivity index (χ0) is 12.7. The van der Waals surface area contributed by atoms with Crippen molar-refractivity contribution in [3.05, 3.63) is 33.3 Å². The zero-order valence-electron chi connectivity index (χ0n) is 10.6. The Morgan fingerprint density at radius 3 is 2.71 bits per heavy atom. The summed E-state index contributed by atoms with van der Waals surface area (Å²) in [7, 11) is 0. The highest BCUT2D eigenvalue weighted by molar-refractivity contribution is 9.10. The fourth-order valence-electron chi connectivity index (χ4n) is 1.68. The number of unbranched alkanes of at least 4 members (excludes halogenated alkanes) is 1. The van der Waals surface area contributed by atoms with Crippen LogP contribution in [0.5, 0.6) is 0 Å². The Labute approximate surface area is 118 Å². The molecule has 1 rings (SSSR count). The molecule has 0 aliphatic rings. The monoisotopic (exact) mass is 317 g/mol. The van der Waals surface area contributed by atoms with Crippen LogP contribution >= 0.6 is 27.5 Å². The predicted molar refractivity (Wildman–Crippen MR) is 79.5 cm³/mol. The van der Waals surface area contributed by atoms with Crippen LogP contribution in [0.4, 0.5) is 0 Å².